The van der Waals surface area contributed by atoms with Gasteiger partial charge in [-0.2, -0.15) is 0 Å². The third kappa shape index (κ3) is 4.12. The Hall–Kier alpha value is -2.63. The number of anilines is 1. The van der Waals surface area contributed by atoms with Gasteiger partial charge in [0.25, 0.3) is 11.5 Å². The zero-order valence-corrected chi connectivity index (χ0v) is 14.9. The molecule has 26 heavy (non-hydrogen) atoms. The molecule has 2 aromatic carbocycles. The van der Waals surface area contributed by atoms with Gasteiger partial charge in [0.2, 0.25) is 0 Å². The molecule has 0 bridgehead atoms. The molecule has 1 aromatic heterocycles. The van der Waals surface area contributed by atoms with Gasteiger partial charge in [0.05, 0.1) is 16.6 Å². The van der Waals surface area contributed by atoms with E-state index < -0.39 is 11.5 Å². The van der Waals surface area contributed by atoms with Gasteiger partial charge in [-0.1, -0.05) is 35.3 Å². The summed E-state index contributed by atoms with van der Waals surface area (Å²) < 4.78 is 14.4. The van der Waals surface area contributed by atoms with Crippen LogP contribution in [0.2, 0.25) is 10.0 Å². The minimum absolute atomic E-state index is 0.0133. The predicted molar refractivity (Wildman–Crippen MR) is 101 cm³/mol. The lowest BCUT2D eigenvalue weighted by Crippen LogP contribution is -2.29. The quantitative estimate of drug-likeness (QED) is 0.707. The largest absolute Gasteiger partial charge is 0.322 e. The summed E-state index contributed by atoms with van der Waals surface area (Å²) in [6.07, 6.45) is 1.57. The molecule has 0 aliphatic rings. The van der Waals surface area contributed by atoms with E-state index in [0.29, 0.717) is 15.7 Å². The van der Waals surface area contributed by atoms with Crippen LogP contribution in [-0.2, 0) is 6.54 Å². The van der Waals surface area contributed by atoms with Crippen LogP contribution in [0.15, 0.2) is 65.6 Å². The van der Waals surface area contributed by atoms with Crippen molar-refractivity contribution in [2.75, 3.05) is 5.32 Å². The molecule has 3 aromatic rings. The first-order chi connectivity index (χ1) is 12.4. The van der Waals surface area contributed by atoms with Crippen LogP contribution >= 0.6 is 23.2 Å². The molecule has 0 aliphatic carbocycles. The van der Waals surface area contributed by atoms with Crippen molar-refractivity contribution in [3.8, 4) is 0 Å². The van der Waals surface area contributed by atoms with Crippen LogP contribution in [0.3, 0.4) is 0 Å². The number of rotatable bonds is 4. The summed E-state index contributed by atoms with van der Waals surface area (Å²) in [5.74, 6) is -0.905. The number of pyridine rings is 1. The van der Waals surface area contributed by atoms with Crippen LogP contribution < -0.4 is 10.9 Å². The molecule has 0 saturated heterocycles. The van der Waals surface area contributed by atoms with Crippen LogP contribution in [0.4, 0.5) is 10.1 Å². The van der Waals surface area contributed by atoms with E-state index in [0.717, 1.165) is 5.56 Å². The number of amides is 1. The molecule has 0 unspecified atom stereocenters. The summed E-state index contributed by atoms with van der Waals surface area (Å²) in [7, 11) is 0. The van der Waals surface area contributed by atoms with Crippen molar-refractivity contribution in [1.82, 2.24) is 4.57 Å². The van der Waals surface area contributed by atoms with E-state index in [9.17, 15) is 14.0 Å². The maximum atomic E-state index is 13.0. The number of nitrogens with one attached hydrogen (secondary N) is 1. The molecule has 7 heteroatoms. The van der Waals surface area contributed by atoms with Crippen molar-refractivity contribution in [2.45, 2.75) is 6.54 Å². The van der Waals surface area contributed by atoms with Crippen LogP contribution in [0.1, 0.15) is 15.9 Å². The lowest BCUT2D eigenvalue weighted by atomic mass is 10.2. The normalized spacial score (nSPS) is 10.6. The smallest absolute Gasteiger partial charge is 0.263 e. The van der Waals surface area contributed by atoms with Crippen LogP contribution in [0.5, 0.6) is 0 Å². The molecule has 1 heterocycles. The summed E-state index contributed by atoms with van der Waals surface area (Å²) in [4.78, 5) is 25.0. The first-order valence-electron chi connectivity index (χ1n) is 7.64. The Labute approximate surface area is 158 Å². The molecule has 1 N–H and O–H groups in total. The Kier molecular flexibility index (Phi) is 5.40. The lowest BCUT2D eigenvalue weighted by molar-refractivity contribution is 0.102. The standard InChI is InChI=1S/C19H13Cl2FN2O2/c20-16-8-7-14(10-17(16)21)23-18(25)15-2-1-9-24(19(15)26)11-12-3-5-13(22)6-4-12/h1-10H,11H2,(H,23,25). The third-order valence-electron chi connectivity index (χ3n) is 3.71. The van der Waals surface area contributed by atoms with Crippen molar-refractivity contribution in [2.24, 2.45) is 0 Å². The summed E-state index contributed by atoms with van der Waals surface area (Å²) in [5.41, 5.74) is 0.711. The van der Waals surface area contributed by atoms with Gasteiger partial charge in [0.15, 0.2) is 0 Å². The average Bonchev–Trinajstić information content (AvgIpc) is 2.62. The number of halogens is 3. The third-order valence-corrected chi connectivity index (χ3v) is 4.45. The maximum absolute atomic E-state index is 13.0. The fraction of sp³-hybridized carbons (Fsp3) is 0.0526. The molecule has 1 amide bonds. The number of hydrogen-bond donors (Lipinski definition) is 1. The Balaban J connectivity index is 1.83. The van der Waals surface area contributed by atoms with Gasteiger partial charge >= 0.3 is 0 Å². The average molecular weight is 391 g/mol. The minimum atomic E-state index is -0.554. The fourth-order valence-corrected chi connectivity index (χ4v) is 2.69. The lowest BCUT2D eigenvalue weighted by Gasteiger charge is -2.09. The van der Waals surface area contributed by atoms with E-state index in [1.54, 1.807) is 36.5 Å². The van der Waals surface area contributed by atoms with E-state index in [-0.39, 0.29) is 17.9 Å². The molecule has 3 rings (SSSR count). The predicted octanol–water partition coefficient (Wildman–Crippen LogP) is 4.59. The molecule has 0 radical (unpaired) electrons. The molecule has 4 nitrogen and oxygen atoms in total. The van der Waals surface area contributed by atoms with E-state index in [1.165, 1.54) is 28.8 Å². The Morgan fingerprint density at radius 1 is 1.04 bits per heavy atom. The Morgan fingerprint density at radius 3 is 2.46 bits per heavy atom. The second-order valence-corrected chi connectivity index (χ2v) is 6.38. The fourth-order valence-electron chi connectivity index (χ4n) is 2.39. The first-order valence-corrected chi connectivity index (χ1v) is 8.40. The second-order valence-electron chi connectivity index (χ2n) is 5.56. The zero-order valence-electron chi connectivity index (χ0n) is 13.4. The van der Waals surface area contributed by atoms with E-state index in [4.69, 9.17) is 23.2 Å². The number of carbonyl (C=O) groups excluding carboxylic acids is 1. The van der Waals surface area contributed by atoms with Crippen LogP contribution in [-0.4, -0.2) is 10.5 Å². The monoisotopic (exact) mass is 390 g/mol. The van der Waals surface area contributed by atoms with Gasteiger partial charge < -0.3 is 9.88 Å². The van der Waals surface area contributed by atoms with Gasteiger partial charge in [-0.25, -0.2) is 4.39 Å². The van der Waals surface area contributed by atoms with E-state index in [1.807, 2.05) is 0 Å². The van der Waals surface area contributed by atoms with Crippen LogP contribution in [0.25, 0.3) is 0 Å². The van der Waals surface area contributed by atoms with Crippen molar-refractivity contribution in [3.63, 3.8) is 0 Å². The number of nitrogens with zero attached hydrogens (tertiary/aromatic N) is 1. The molecule has 0 fully saturated rings. The number of carbonyl (C=O) groups is 1. The van der Waals surface area contributed by atoms with Crippen molar-refractivity contribution in [3.05, 3.63) is 98.1 Å². The SMILES string of the molecule is O=C(Nc1ccc(Cl)c(Cl)c1)c1cccn(Cc2ccc(F)cc2)c1=O. The van der Waals surface area contributed by atoms with Gasteiger partial charge in [-0.3, -0.25) is 9.59 Å². The van der Waals surface area contributed by atoms with Crippen molar-refractivity contribution in [1.29, 1.82) is 0 Å². The number of hydrogen-bond acceptors (Lipinski definition) is 2. The van der Waals surface area contributed by atoms with Gasteiger partial charge in [0.1, 0.15) is 11.4 Å². The highest BCUT2D eigenvalue weighted by Gasteiger charge is 2.13. The van der Waals surface area contributed by atoms with Gasteiger partial charge in [-0.05, 0) is 48.0 Å². The zero-order chi connectivity index (χ0) is 18.7. The molecule has 0 saturated carbocycles. The van der Waals surface area contributed by atoms with Crippen molar-refractivity contribution >= 4 is 34.8 Å². The highest BCUT2D eigenvalue weighted by atomic mass is 35.5. The molecule has 0 spiro atoms. The highest BCUT2D eigenvalue weighted by molar-refractivity contribution is 6.42. The summed E-state index contributed by atoms with van der Waals surface area (Å²) in [6, 6.07) is 13.5. The first kappa shape index (κ1) is 18.2. The molecule has 132 valence electrons. The molecule has 0 aliphatic heterocycles. The number of aromatic nitrogens is 1. The van der Waals surface area contributed by atoms with E-state index in [2.05, 4.69) is 5.32 Å². The summed E-state index contributed by atoms with van der Waals surface area (Å²) in [5, 5.41) is 3.28. The minimum Gasteiger partial charge on any atom is -0.322 e. The summed E-state index contributed by atoms with van der Waals surface area (Å²) in [6.45, 7) is 0.229. The highest BCUT2D eigenvalue weighted by Crippen LogP contribution is 2.25. The molecular weight excluding hydrogens is 378 g/mol. The Morgan fingerprint density at radius 2 is 1.77 bits per heavy atom. The molecular formula is C19H13Cl2FN2O2. The van der Waals surface area contributed by atoms with Crippen LogP contribution in [0, 0.1) is 5.82 Å². The van der Waals surface area contributed by atoms with Gasteiger partial charge in [-0.15, -0.1) is 0 Å². The number of benzene rings is 2. The second kappa shape index (κ2) is 7.72. The topological polar surface area (TPSA) is 51.1 Å². The van der Waals surface area contributed by atoms with E-state index >= 15 is 0 Å². The van der Waals surface area contributed by atoms with Crippen molar-refractivity contribution < 1.29 is 9.18 Å². The van der Waals surface area contributed by atoms with Gasteiger partial charge in [0, 0.05) is 11.9 Å². The Bertz CT molecular complexity index is 1020. The maximum Gasteiger partial charge on any atom is 0.263 e. The summed E-state index contributed by atoms with van der Waals surface area (Å²) >= 11 is 11.8. The molecule has 0 atom stereocenters.